The Balaban J connectivity index is 2.12. The van der Waals surface area contributed by atoms with Gasteiger partial charge in [-0.3, -0.25) is 0 Å². The van der Waals surface area contributed by atoms with Crippen LogP contribution in [0.25, 0.3) is 0 Å². The first kappa shape index (κ1) is 7.90. The molecule has 0 bridgehead atoms. The molecule has 1 heterocycles. The summed E-state index contributed by atoms with van der Waals surface area (Å²) in [6, 6.07) is 0. The van der Waals surface area contributed by atoms with Crippen LogP contribution < -0.4 is 5.32 Å². The Labute approximate surface area is 72.5 Å². The van der Waals surface area contributed by atoms with E-state index in [1.165, 1.54) is 19.3 Å². The third-order valence-corrected chi connectivity index (χ3v) is 3.27. The molecule has 1 amide bonds. The first-order valence-corrected chi connectivity index (χ1v) is 4.68. The van der Waals surface area contributed by atoms with E-state index in [4.69, 9.17) is 4.74 Å². The van der Waals surface area contributed by atoms with Crippen LogP contribution >= 0.6 is 0 Å². The van der Waals surface area contributed by atoms with E-state index in [0.717, 1.165) is 6.42 Å². The van der Waals surface area contributed by atoms with Crippen molar-refractivity contribution in [2.24, 2.45) is 5.92 Å². The number of amides is 1. The average Bonchev–Trinajstić information content (AvgIpc) is 2.41. The van der Waals surface area contributed by atoms with Crippen LogP contribution in [-0.4, -0.2) is 18.2 Å². The lowest BCUT2D eigenvalue weighted by molar-refractivity contribution is 0.139. The molecule has 2 unspecified atom stereocenters. The van der Waals surface area contributed by atoms with Gasteiger partial charge in [0, 0.05) is 0 Å². The van der Waals surface area contributed by atoms with E-state index in [1.807, 2.05) is 0 Å². The number of carbonyl (C=O) groups excluding carboxylic acids is 1. The minimum Gasteiger partial charge on any atom is -0.447 e. The maximum atomic E-state index is 10.9. The molecular formula is C9H15NO2. The van der Waals surface area contributed by atoms with Crippen molar-refractivity contribution in [2.75, 3.05) is 6.61 Å². The molecule has 2 aliphatic rings. The van der Waals surface area contributed by atoms with Crippen LogP contribution in [0, 0.1) is 5.92 Å². The predicted molar refractivity (Wildman–Crippen MR) is 44.8 cm³/mol. The Morgan fingerprint density at radius 3 is 3.00 bits per heavy atom. The molecule has 0 aromatic carbocycles. The van der Waals surface area contributed by atoms with Gasteiger partial charge in [0.15, 0.2) is 0 Å². The zero-order chi connectivity index (χ0) is 8.60. The summed E-state index contributed by atoms with van der Waals surface area (Å²) in [4.78, 5) is 10.9. The molecule has 1 aliphatic heterocycles. The fraction of sp³-hybridized carbons (Fsp3) is 0.889. The topological polar surface area (TPSA) is 38.3 Å². The average molecular weight is 169 g/mol. The Kier molecular flexibility index (Phi) is 1.74. The second-order valence-corrected chi connectivity index (χ2v) is 4.00. The molecule has 0 aromatic heterocycles. The fourth-order valence-corrected chi connectivity index (χ4v) is 2.28. The van der Waals surface area contributed by atoms with Crippen molar-refractivity contribution < 1.29 is 9.53 Å². The molecule has 12 heavy (non-hydrogen) atoms. The molecule has 2 rings (SSSR count). The monoisotopic (exact) mass is 169 g/mol. The van der Waals surface area contributed by atoms with Gasteiger partial charge in [0.1, 0.15) is 6.61 Å². The van der Waals surface area contributed by atoms with Crippen LogP contribution in [0.2, 0.25) is 0 Å². The molecule has 3 nitrogen and oxygen atoms in total. The summed E-state index contributed by atoms with van der Waals surface area (Å²) in [6.45, 7) is 2.78. The van der Waals surface area contributed by atoms with Gasteiger partial charge in [0.2, 0.25) is 0 Å². The first-order chi connectivity index (χ1) is 5.73. The van der Waals surface area contributed by atoms with Crippen molar-refractivity contribution >= 4 is 6.09 Å². The molecule has 1 saturated heterocycles. The number of cyclic esters (lactones) is 1. The highest BCUT2D eigenvalue weighted by molar-refractivity contribution is 5.70. The van der Waals surface area contributed by atoms with Crippen LogP contribution in [0.3, 0.4) is 0 Å². The lowest BCUT2D eigenvalue weighted by Gasteiger charge is -2.37. The van der Waals surface area contributed by atoms with Crippen molar-refractivity contribution in [3.05, 3.63) is 0 Å². The molecule has 3 heteroatoms. The lowest BCUT2D eigenvalue weighted by atomic mass is 9.74. The standard InChI is InChI=1S/C9H15NO2/c1-7-4-2-3-5-9(7)6-12-8(11)10-9/h7H,2-6H2,1H3,(H,10,11). The summed E-state index contributed by atoms with van der Waals surface area (Å²) in [7, 11) is 0. The van der Waals surface area contributed by atoms with Gasteiger partial charge < -0.3 is 10.1 Å². The molecule has 2 fully saturated rings. The highest BCUT2D eigenvalue weighted by Gasteiger charge is 2.44. The van der Waals surface area contributed by atoms with Gasteiger partial charge in [-0.05, 0) is 18.8 Å². The number of alkyl carbamates (subject to hydrolysis) is 1. The SMILES string of the molecule is CC1CCCCC12COC(=O)N2. The molecule has 1 aliphatic carbocycles. The zero-order valence-corrected chi connectivity index (χ0v) is 7.43. The normalized spacial score (nSPS) is 41.1. The van der Waals surface area contributed by atoms with Crippen LogP contribution in [0.1, 0.15) is 32.6 Å². The zero-order valence-electron chi connectivity index (χ0n) is 7.43. The maximum absolute atomic E-state index is 10.9. The molecular weight excluding hydrogens is 154 g/mol. The third kappa shape index (κ3) is 1.08. The Morgan fingerprint density at radius 2 is 2.42 bits per heavy atom. The predicted octanol–water partition coefficient (Wildman–Crippen LogP) is 1.68. The minimum absolute atomic E-state index is 0.0185. The second-order valence-electron chi connectivity index (χ2n) is 4.00. The molecule has 2 atom stereocenters. The lowest BCUT2D eigenvalue weighted by Crippen LogP contribution is -2.50. The van der Waals surface area contributed by atoms with E-state index < -0.39 is 0 Å². The minimum atomic E-state index is -0.233. The molecule has 0 radical (unpaired) electrons. The molecule has 68 valence electrons. The summed E-state index contributed by atoms with van der Waals surface area (Å²) in [5.74, 6) is 0.567. The van der Waals surface area contributed by atoms with Gasteiger partial charge in [-0.25, -0.2) is 4.79 Å². The van der Waals surface area contributed by atoms with Crippen LogP contribution in [0.15, 0.2) is 0 Å². The Morgan fingerprint density at radius 1 is 1.58 bits per heavy atom. The summed E-state index contributed by atoms with van der Waals surface area (Å²) < 4.78 is 4.97. The number of hydrogen-bond donors (Lipinski definition) is 1. The number of rotatable bonds is 0. The Hall–Kier alpha value is -0.730. The second kappa shape index (κ2) is 2.64. The smallest absolute Gasteiger partial charge is 0.407 e. The van der Waals surface area contributed by atoms with Gasteiger partial charge in [0.25, 0.3) is 0 Å². The van der Waals surface area contributed by atoms with Gasteiger partial charge in [-0.15, -0.1) is 0 Å². The van der Waals surface area contributed by atoms with Crippen molar-refractivity contribution in [2.45, 2.75) is 38.1 Å². The Bertz CT molecular complexity index is 205. The first-order valence-electron chi connectivity index (χ1n) is 4.68. The maximum Gasteiger partial charge on any atom is 0.407 e. The number of nitrogens with one attached hydrogen (secondary N) is 1. The number of carbonyl (C=O) groups is 1. The highest BCUT2D eigenvalue weighted by Crippen LogP contribution is 2.36. The molecule has 1 saturated carbocycles. The fourth-order valence-electron chi connectivity index (χ4n) is 2.28. The van der Waals surface area contributed by atoms with E-state index in [9.17, 15) is 4.79 Å². The summed E-state index contributed by atoms with van der Waals surface area (Å²) in [5, 5.41) is 2.96. The van der Waals surface area contributed by atoms with Crippen molar-refractivity contribution in [3.63, 3.8) is 0 Å². The van der Waals surface area contributed by atoms with Gasteiger partial charge >= 0.3 is 6.09 Å². The molecule has 1 N–H and O–H groups in total. The van der Waals surface area contributed by atoms with E-state index in [0.29, 0.717) is 12.5 Å². The third-order valence-electron chi connectivity index (χ3n) is 3.27. The van der Waals surface area contributed by atoms with E-state index in [2.05, 4.69) is 12.2 Å². The van der Waals surface area contributed by atoms with Crippen molar-refractivity contribution in [3.8, 4) is 0 Å². The van der Waals surface area contributed by atoms with Crippen LogP contribution in [0.5, 0.6) is 0 Å². The van der Waals surface area contributed by atoms with Crippen LogP contribution in [0.4, 0.5) is 4.79 Å². The van der Waals surface area contributed by atoms with Gasteiger partial charge in [-0.1, -0.05) is 19.8 Å². The summed E-state index contributed by atoms with van der Waals surface area (Å²) >= 11 is 0. The highest BCUT2D eigenvalue weighted by atomic mass is 16.6. The summed E-state index contributed by atoms with van der Waals surface area (Å²) in [5.41, 5.74) is -0.0185. The van der Waals surface area contributed by atoms with Gasteiger partial charge in [-0.2, -0.15) is 0 Å². The van der Waals surface area contributed by atoms with E-state index >= 15 is 0 Å². The largest absolute Gasteiger partial charge is 0.447 e. The van der Waals surface area contributed by atoms with Crippen molar-refractivity contribution in [1.29, 1.82) is 0 Å². The number of hydrogen-bond acceptors (Lipinski definition) is 2. The summed E-state index contributed by atoms with van der Waals surface area (Å²) in [6.07, 6.45) is 4.57. The van der Waals surface area contributed by atoms with Crippen molar-refractivity contribution in [1.82, 2.24) is 5.32 Å². The quantitative estimate of drug-likeness (QED) is 0.599. The molecule has 1 spiro atoms. The van der Waals surface area contributed by atoms with Gasteiger partial charge in [0.05, 0.1) is 5.54 Å². The van der Waals surface area contributed by atoms with E-state index in [1.54, 1.807) is 0 Å². The number of ether oxygens (including phenoxy) is 1. The molecule has 0 aromatic rings. The van der Waals surface area contributed by atoms with E-state index in [-0.39, 0.29) is 11.6 Å². The van der Waals surface area contributed by atoms with Crippen LogP contribution in [-0.2, 0) is 4.74 Å².